The zero-order chi connectivity index (χ0) is 10.3. The number of halogens is 3. The first-order chi connectivity index (χ1) is 6.04. The summed E-state index contributed by atoms with van der Waals surface area (Å²) >= 11 is 0. The minimum absolute atomic E-state index is 0.595. The molecule has 5 heteroatoms. The molecule has 13 heavy (non-hydrogen) atoms. The van der Waals surface area contributed by atoms with Crippen molar-refractivity contribution in [3.8, 4) is 0 Å². The Hall–Kier alpha value is -0.0331. The average Bonchev–Trinajstić information content (AvgIpc) is 2.06. The molecule has 0 aromatic heterocycles. The van der Waals surface area contributed by atoms with Crippen LogP contribution in [-0.2, 0) is 4.43 Å². The van der Waals surface area contributed by atoms with E-state index in [0.717, 1.165) is 13.5 Å². The van der Waals surface area contributed by atoms with Gasteiger partial charge in [0.2, 0.25) is 0 Å². The Morgan fingerprint density at radius 2 is 1.77 bits per heavy atom. The monoisotopic (exact) mass is 214 g/mol. The molecule has 0 amide bonds. The topological polar surface area (TPSA) is 9.23 Å². The summed E-state index contributed by atoms with van der Waals surface area (Å²) in [4.78, 5) is 0. The van der Waals surface area contributed by atoms with Crippen LogP contribution in [0.3, 0.4) is 0 Å². The molecule has 1 fully saturated rings. The van der Waals surface area contributed by atoms with Crippen LogP contribution in [0.15, 0.2) is 0 Å². The van der Waals surface area contributed by atoms with Crippen LogP contribution in [0.5, 0.6) is 0 Å². The van der Waals surface area contributed by atoms with Gasteiger partial charge in [0, 0.05) is 6.61 Å². The lowest BCUT2D eigenvalue weighted by atomic mass is 10.4. The minimum Gasteiger partial charge on any atom is -0.420 e. The van der Waals surface area contributed by atoms with Gasteiger partial charge in [0.15, 0.2) is 15.2 Å². The standard InChI is InChI=1S/C5H12OSi.C3H5F3/c1-7-5-3-2-4-6-7;1-2(4)3(5)6/h7H,2-5H2,1H3;2-3H,1H3. The molecule has 1 rings (SSSR count). The van der Waals surface area contributed by atoms with Crippen LogP contribution in [0.2, 0.25) is 12.6 Å². The minimum atomic E-state index is -2.81. The van der Waals surface area contributed by atoms with Crippen molar-refractivity contribution in [2.24, 2.45) is 0 Å². The van der Waals surface area contributed by atoms with Crippen molar-refractivity contribution in [3.63, 3.8) is 0 Å². The third kappa shape index (κ3) is 8.30. The lowest BCUT2D eigenvalue weighted by Crippen LogP contribution is -2.18. The summed E-state index contributed by atoms with van der Waals surface area (Å²) in [5, 5.41) is 0. The van der Waals surface area contributed by atoms with Crippen molar-refractivity contribution in [1.29, 1.82) is 0 Å². The van der Waals surface area contributed by atoms with E-state index in [9.17, 15) is 13.2 Å². The molecule has 0 aliphatic carbocycles. The van der Waals surface area contributed by atoms with Gasteiger partial charge in [-0.15, -0.1) is 0 Å². The van der Waals surface area contributed by atoms with Gasteiger partial charge in [0.1, 0.15) is 0 Å². The number of hydrogen-bond acceptors (Lipinski definition) is 1. The highest BCUT2D eigenvalue weighted by molar-refractivity contribution is 6.50. The second-order valence-electron chi connectivity index (χ2n) is 3.19. The van der Waals surface area contributed by atoms with Crippen molar-refractivity contribution in [2.45, 2.75) is 45.0 Å². The molecule has 0 aromatic carbocycles. The third-order valence-corrected chi connectivity index (χ3v) is 3.78. The molecule has 1 aliphatic rings. The summed E-state index contributed by atoms with van der Waals surface area (Å²) in [5.74, 6) is 0. The maximum absolute atomic E-state index is 11.1. The fourth-order valence-electron chi connectivity index (χ4n) is 0.902. The van der Waals surface area contributed by atoms with Crippen LogP contribution in [0.4, 0.5) is 13.2 Å². The van der Waals surface area contributed by atoms with Crippen LogP contribution in [0.1, 0.15) is 19.8 Å². The fraction of sp³-hybridized carbons (Fsp3) is 1.00. The largest absolute Gasteiger partial charge is 0.420 e. The third-order valence-electron chi connectivity index (χ3n) is 1.75. The highest BCUT2D eigenvalue weighted by Crippen LogP contribution is 2.09. The van der Waals surface area contributed by atoms with Crippen LogP contribution in [0, 0.1) is 0 Å². The number of alkyl halides is 3. The average molecular weight is 214 g/mol. The molecule has 0 bridgehead atoms. The van der Waals surface area contributed by atoms with E-state index in [1.165, 1.54) is 18.9 Å². The summed E-state index contributed by atoms with van der Waals surface area (Å²) in [7, 11) is -0.595. The summed E-state index contributed by atoms with van der Waals surface area (Å²) in [6, 6.07) is 1.40. The lowest BCUT2D eigenvalue weighted by Gasteiger charge is -2.16. The first kappa shape index (κ1) is 13.0. The quantitative estimate of drug-likeness (QED) is 0.610. The van der Waals surface area contributed by atoms with E-state index < -0.39 is 21.6 Å². The van der Waals surface area contributed by atoms with E-state index in [4.69, 9.17) is 4.43 Å². The predicted molar refractivity (Wildman–Crippen MR) is 49.6 cm³/mol. The Kier molecular flexibility index (Phi) is 7.36. The number of rotatable bonds is 1. The van der Waals surface area contributed by atoms with Crippen LogP contribution < -0.4 is 0 Å². The summed E-state index contributed by atoms with van der Waals surface area (Å²) in [6.07, 6.45) is -2.07. The Bertz CT molecular complexity index is 110. The maximum atomic E-state index is 11.1. The molecule has 1 nitrogen and oxygen atoms in total. The van der Waals surface area contributed by atoms with Gasteiger partial charge >= 0.3 is 0 Å². The van der Waals surface area contributed by atoms with Gasteiger partial charge in [0.25, 0.3) is 6.43 Å². The van der Waals surface area contributed by atoms with Crippen LogP contribution in [-0.4, -0.2) is 28.2 Å². The van der Waals surface area contributed by atoms with Crippen LogP contribution in [0.25, 0.3) is 0 Å². The smallest absolute Gasteiger partial charge is 0.269 e. The fourth-order valence-corrected chi connectivity index (χ4v) is 2.50. The summed E-state index contributed by atoms with van der Waals surface area (Å²) in [6.45, 7) is 4.15. The van der Waals surface area contributed by atoms with E-state index in [1.54, 1.807) is 0 Å². The van der Waals surface area contributed by atoms with Gasteiger partial charge in [0.05, 0.1) is 0 Å². The number of hydrogen-bond donors (Lipinski definition) is 0. The zero-order valence-electron chi connectivity index (χ0n) is 8.10. The molecule has 0 spiro atoms. The second kappa shape index (κ2) is 7.38. The summed E-state index contributed by atoms with van der Waals surface area (Å²) in [5.41, 5.74) is 0. The first-order valence-electron chi connectivity index (χ1n) is 4.58. The van der Waals surface area contributed by atoms with E-state index in [1.807, 2.05) is 0 Å². The molecule has 2 unspecified atom stereocenters. The van der Waals surface area contributed by atoms with Crippen molar-refractivity contribution in [3.05, 3.63) is 0 Å². The molecule has 80 valence electrons. The molecule has 0 N–H and O–H groups in total. The van der Waals surface area contributed by atoms with Crippen molar-refractivity contribution in [2.75, 3.05) is 6.61 Å². The molecular weight excluding hydrogens is 197 g/mol. The van der Waals surface area contributed by atoms with Crippen molar-refractivity contribution in [1.82, 2.24) is 0 Å². The first-order valence-corrected chi connectivity index (χ1v) is 7.02. The Balaban J connectivity index is 0.000000226. The van der Waals surface area contributed by atoms with Gasteiger partial charge in [-0.25, -0.2) is 13.2 Å². The van der Waals surface area contributed by atoms with Gasteiger partial charge in [-0.3, -0.25) is 0 Å². The Morgan fingerprint density at radius 3 is 1.92 bits per heavy atom. The van der Waals surface area contributed by atoms with Crippen molar-refractivity contribution < 1.29 is 17.6 Å². The predicted octanol–water partition coefficient (Wildman–Crippen LogP) is 2.76. The lowest BCUT2D eigenvalue weighted by molar-refractivity contribution is 0.0603. The molecule has 2 atom stereocenters. The van der Waals surface area contributed by atoms with Gasteiger partial charge < -0.3 is 4.43 Å². The molecular formula is C8H17F3OSi. The Labute approximate surface area is 79.0 Å². The Morgan fingerprint density at radius 1 is 1.23 bits per heavy atom. The molecule has 0 saturated carbocycles. The van der Waals surface area contributed by atoms with E-state index in [2.05, 4.69) is 6.55 Å². The van der Waals surface area contributed by atoms with Crippen molar-refractivity contribution >= 4 is 9.04 Å². The normalized spacial score (nSPS) is 24.9. The van der Waals surface area contributed by atoms with E-state index >= 15 is 0 Å². The van der Waals surface area contributed by atoms with E-state index in [-0.39, 0.29) is 0 Å². The van der Waals surface area contributed by atoms with E-state index in [0.29, 0.717) is 0 Å². The van der Waals surface area contributed by atoms with Gasteiger partial charge in [-0.1, -0.05) is 6.42 Å². The molecule has 0 radical (unpaired) electrons. The highest BCUT2D eigenvalue weighted by atomic mass is 28.3. The summed E-state index contributed by atoms with van der Waals surface area (Å²) < 4.78 is 38.1. The molecule has 1 heterocycles. The highest BCUT2D eigenvalue weighted by Gasteiger charge is 2.10. The van der Waals surface area contributed by atoms with Crippen LogP contribution >= 0.6 is 0 Å². The zero-order valence-corrected chi connectivity index (χ0v) is 9.26. The molecule has 1 aliphatic heterocycles. The van der Waals surface area contributed by atoms with Gasteiger partial charge in [-0.05, 0) is 25.9 Å². The second-order valence-corrected chi connectivity index (χ2v) is 5.72. The molecule has 1 saturated heterocycles. The molecule has 0 aromatic rings. The maximum Gasteiger partial charge on any atom is 0.269 e. The van der Waals surface area contributed by atoms with Gasteiger partial charge in [-0.2, -0.15) is 0 Å². The SMILES string of the molecule is CC(F)C(F)F.C[SiH]1CCCCO1.